The molecule has 1 aliphatic heterocycles. The molecule has 0 unspecified atom stereocenters. The summed E-state index contributed by atoms with van der Waals surface area (Å²) in [5.41, 5.74) is 0.0829. The van der Waals surface area contributed by atoms with Gasteiger partial charge in [-0.3, -0.25) is 19.0 Å². The maximum atomic E-state index is 13.3. The number of amides is 1. The summed E-state index contributed by atoms with van der Waals surface area (Å²) in [6, 6.07) is 1.19. The van der Waals surface area contributed by atoms with Gasteiger partial charge >= 0.3 is 6.18 Å². The lowest BCUT2D eigenvalue weighted by Crippen LogP contribution is -2.34. The molecule has 3 aromatic heterocycles. The van der Waals surface area contributed by atoms with Crippen molar-refractivity contribution in [2.24, 2.45) is 0 Å². The summed E-state index contributed by atoms with van der Waals surface area (Å²) >= 11 is 0. The molecule has 0 N–H and O–H groups in total. The fourth-order valence-corrected chi connectivity index (χ4v) is 5.16. The van der Waals surface area contributed by atoms with Gasteiger partial charge in [0.1, 0.15) is 30.1 Å². The second-order valence-corrected chi connectivity index (χ2v) is 10.2. The van der Waals surface area contributed by atoms with Crippen LogP contribution in [0.15, 0.2) is 31.4 Å². The van der Waals surface area contributed by atoms with Crippen LogP contribution in [-0.4, -0.2) is 74.3 Å². The Hall–Kier alpha value is -3.55. The van der Waals surface area contributed by atoms with Gasteiger partial charge in [0.15, 0.2) is 9.84 Å². The Morgan fingerprint density at radius 2 is 1.94 bits per heavy atom. The maximum absolute atomic E-state index is 13.3. The molecule has 3 aromatic rings. The molecule has 4 heterocycles. The Labute approximate surface area is 197 Å². The molecule has 9 nitrogen and oxygen atoms in total. The quantitative estimate of drug-likeness (QED) is 0.487. The van der Waals surface area contributed by atoms with Gasteiger partial charge in [0.25, 0.3) is 5.91 Å². The Morgan fingerprint density at radius 1 is 1.17 bits per heavy atom. The van der Waals surface area contributed by atoms with E-state index in [-0.39, 0.29) is 71.2 Å². The Morgan fingerprint density at radius 3 is 2.63 bits per heavy atom. The molecule has 0 aliphatic carbocycles. The molecule has 0 bridgehead atoms. The topological polar surface area (TPSA) is 103 Å². The molecular weight excluding hydrogens is 492 g/mol. The van der Waals surface area contributed by atoms with Crippen molar-refractivity contribution in [3.05, 3.63) is 42.9 Å². The molecule has 186 valence electrons. The van der Waals surface area contributed by atoms with Crippen LogP contribution < -0.4 is 0 Å². The maximum Gasteiger partial charge on any atom is 0.408 e. The molecule has 1 saturated heterocycles. The van der Waals surface area contributed by atoms with Gasteiger partial charge in [-0.2, -0.15) is 18.3 Å². The van der Waals surface area contributed by atoms with Crippen LogP contribution >= 0.6 is 0 Å². The number of hydrogen-bond acceptors (Lipinski definition) is 6. The van der Waals surface area contributed by atoms with Gasteiger partial charge in [0, 0.05) is 30.9 Å². The Balaban J connectivity index is 1.81. The third-order valence-electron chi connectivity index (χ3n) is 5.48. The number of carbonyl (C=O) groups excluding carboxylic acids is 1. The van der Waals surface area contributed by atoms with Crippen LogP contribution in [0.4, 0.5) is 17.6 Å². The number of imidazole rings is 1. The van der Waals surface area contributed by atoms with Crippen molar-refractivity contribution >= 4 is 38.9 Å². The number of aromatic nitrogens is 5. The van der Waals surface area contributed by atoms with Gasteiger partial charge < -0.3 is 4.90 Å². The fraction of sp³-hybridized carbons (Fsp3) is 0.333. The van der Waals surface area contributed by atoms with E-state index < -0.39 is 28.5 Å². The van der Waals surface area contributed by atoms with Crippen LogP contribution in [0.5, 0.6) is 0 Å². The average molecular weight is 512 g/mol. The number of fused-ring (bicyclic) bond motifs is 1. The molecule has 0 aromatic carbocycles. The summed E-state index contributed by atoms with van der Waals surface area (Å²) in [7, 11) is -3.27. The first-order valence-electron chi connectivity index (χ1n) is 10.4. The third kappa shape index (κ3) is 5.11. The molecule has 0 radical (unpaired) electrons. The van der Waals surface area contributed by atoms with Crippen molar-refractivity contribution < 1.29 is 30.8 Å². The highest BCUT2D eigenvalue weighted by atomic mass is 32.2. The second kappa shape index (κ2) is 9.24. The number of carbonyl (C=O) groups is 1. The minimum Gasteiger partial charge on any atom is -0.336 e. The highest BCUT2D eigenvalue weighted by molar-refractivity contribution is 7.91. The zero-order valence-electron chi connectivity index (χ0n) is 18.2. The van der Waals surface area contributed by atoms with E-state index in [1.54, 1.807) is 0 Å². The predicted octanol–water partition coefficient (Wildman–Crippen LogP) is 3.16. The van der Waals surface area contributed by atoms with Crippen molar-refractivity contribution in [3.8, 4) is 11.4 Å². The van der Waals surface area contributed by atoms with Gasteiger partial charge in [0.05, 0.1) is 28.9 Å². The zero-order chi connectivity index (χ0) is 25.4. The van der Waals surface area contributed by atoms with E-state index in [4.69, 9.17) is 0 Å². The van der Waals surface area contributed by atoms with E-state index >= 15 is 0 Å². The summed E-state index contributed by atoms with van der Waals surface area (Å²) in [5, 5.41) is 4.27. The largest absolute Gasteiger partial charge is 0.408 e. The van der Waals surface area contributed by atoms with Gasteiger partial charge in [-0.05, 0) is 18.6 Å². The predicted molar refractivity (Wildman–Crippen MR) is 121 cm³/mol. The summed E-state index contributed by atoms with van der Waals surface area (Å²) in [6.45, 7) is 2.29. The lowest BCUT2D eigenvalue weighted by atomic mass is 10.2. The number of halogens is 4. The summed E-state index contributed by atoms with van der Waals surface area (Å²) in [4.78, 5) is 22.5. The van der Waals surface area contributed by atoms with Gasteiger partial charge in [-0.1, -0.05) is 6.58 Å². The molecule has 1 fully saturated rings. The number of rotatable bonds is 5. The monoisotopic (exact) mass is 512 g/mol. The second-order valence-electron chi connectivity index (χ2n) is 7.86. The number of sulfone groups is 1. The molecule has 14 heteroatoms. The number of alkyl halides is 3. The van der Waals surface area contributed by atoms with Crippen molar-refractivity contribution in [2.75, 3.05) is 24.6 Å². The van der Waals surface area contributed by atoms with Crippen molar-refractivity contribution in [2.45, 2.75) is 19.1 Å². The normalized spacial score (nSPS) is 16.6. The molecule has 35 heavy (non-hydrogen) atoms. The van der Waals surface area contributed by atoms with E-state index in [1.807, 2.05) is 0 Å². The van der Waals surface area contributed by atoms with E-state index in [2.05, 4.69) is 21.6 Å². The van der Waals surface area contributed by atoms with E-state index in [9.17, 15) is 30.8 Å². The summed E-state index contributed by atoms with van der Waals surface area (Å²) in [5.74, 6) is -0.596. The number of nitrogens with zero attached hydrogens (tertiary/aromatic N) is 6. The van der Waals surface area contributed by atoms with Crippen LogP contribution in [0.25, 0.3) is 34.6 Å². The van der Waals surface area contributed by atoms with Crippen LogP contribution in [0.1, 0.15) is 22.7 Å². The van der Waals surface area contributed by atoms with Crippen molar-refractivity contribution in [3.63, 3.8) is 0 Å². The molecule has 4 rings (SSSR count). The highest BCUT2D eigenvalue weighted by Crippen LogP contribution is 2.31. The first-order chi connectivity index (χ1) is 16.5. The SMILES string of the molecule is C=Cc1ncc(-c2nn(CC(F)(F)F)c3cc(C(=O)N4CCCS(=O)(=O)CC4)ncc23)n1/C=C/F. The Bertz CT molecular complexity index is 1420. The van der Waals surface area contributed by atoms with Gasteiger partial charge in [0.2, 0.25) is 0 Å². The summed E-state index contributed by atoms with van der Waals surface area (Å²) in [6.07, 6.45) is 0.771. The number of hydrogen-bond donors (Lipinski definition) is 0. The molecule has 0 saturated carbocycles. The van der Waals surface area contributed by atoms with Crippen molar-refractivity contribution in [1.82, 2.24) is 29.2 Å². The van der Waals surface area contributed by atoms with Crippen LogP contribution in [-0.2, 0) is 16.4 Å². The lowest BCUT2D eigenvalue weighted by Gasteiger charge is -2.19. The molecule has 1 aliphatic rings. The molecule has 0 spiro atoms. The van der Waals surface area contributed by atoms with Crippen LogP contribution in [0, 0.1) is 0 Å². The van der Waals surface area contributed by atoms with Crippen molar-refractivity contribution in [1.29, 1.82) is 0 Å². The summed E-state index contributed by atoms with van der Waals surface area (Å²) < 4.78 is 78.6. The minimum absolute atomic E-state index is 0.0183. The smallest absolute Gasteiger partial charge is 0.336 e. The van der Waals surface area contributed by atoms with E-state index in [0.717, 1.165) is 6.20 Å². The van der Waals surface area contributed by atoms with Crippen LogP contribution in [0.2, 0.25) is 0 Å². The van der Waals surface area contributed by atoms with Crippen LogP contribution in [0.3, 0.4) is 0 Å². The first-order valence-corrected chi connectivity index (χ1v) is 12.2. The molecule has 1 amide bonds. The minimum atomic E-state index is -4.62. The highest BCUT2D eigenvalue weighted by Gasteiger charge is 2.31. The lowest BCUT2D eigenvalue weighted by molar-refractivity contribution is -0.141. The van der Waals surface area contributed by atoms with E-state index in [1.165, 1.54) is 34.0 Å². The standard InChI is InChI=1S/C21H20F4N6O3S/c1-2-18-27-12-17(30(18)6-4-22)19-14-11-26-15(10-16(14)31(28-19)13-21(23,24)25)20(32)29-5-3-8-35(33,34)9-7-29/h2,4,6,10-12H,1,3,5,7-9,13H2/b6-4+. The Kier molecular flexibility index (Phi) is 6.49. The molecular formula is C21H20F4N6O3S. The zero-order valence-corrected chi connectivity index (χ0v) is 19.1. The first kappa shape index (κ1) is 24.6. The average Bonchev–Trinajstić information content (AvgIpc) is 3.28. The van der Waals surface area contributed by atoms with Gasteiger partial charge in [-0.25, -0.2) is 17.8 Å². The number of pyridine rings is 1. The van der Waals surface area contributed by atoms with E-state index in [0.29, 0.717) is 4.68 Å². The molecule has 0 atom stereocenters. The van der Waals surface area contributed by atoms with Gasteiger partial charge in [-0.15, -0.1) is 0 Å². The fourth-order valence-electron chi connectivity index (χ4n) is 3.88. The third-order valence-corrected chi connectivity index (χ3v) is 7.20.